The summed E-state index contributed by atoms with van der Waals surface area (Å²) < 4.78 is 12.2. The summed E-state index contributed by atoms with van der Waals surface area (Å²) in [6, 6.07) is 7.54. The van der Waals surface area contributed by atoms with Crippen LogP contribution in [0.15, 0.2) is 45.9 Å². The van der Waals surface area contributed by atoms with Gasteiger partial charge in [0.25, 0.3) is 0 Å². The fraction of sp³-hybridized carbons (Fsp3) is 0.250. The molecule has 0 radical (unpaired) electrons. The van der Waals surface area contributed by atoms with Crippen LogP contribution in [0.1, 0.15) is 19.9 Å². The van der Waals surface area contributed by atoms with E-state index in [1.54, 1.807) is 12.5 Å². The smallest absolute Gasteiger partial charge is 0.309 e. The van der Waals surface area contributed by atoms with E-state index in [1.165, 1.54) is 11.8 Å². The number of nitrogens with zero attached hydrogens (tertiary/aromatic N) is 2. The Kier molecular flexibility index (Phi) is 3.25. The van der Waals surface area contributed by atoms with Crippen molar-refractivity contribution in [2.45, 2.75) is 19.9 Å². The highest BCUT2D eigenvalue weighted by atomic mass is 16.5. The van der Waals surface area contributed by atoms with Gasteiger partial charge in [0.2, 0.25) is 0 Å². The lowest BCUT2D eigenvalue weighted by Crippen LogP contribution is -2.26. The molecule has 0 unspecified atom stereocenters. The number of methoxy groups -OCH3 is 1. The Hall–Kier alpha value is -2.56. The summed E-state index contributed by atoms with van der Waals surface area (Å²) in [5.74, 6) is 0.299. The zero-order valence-electron chi connectivity index (χ0n) is 12.2. The lowest BCUT2D eigenvalue weighted by atomic mass is 10.0. The van der Waals surface area contributed by atoms with Crippen LogP contribution in [0.3, 0.4) is 0 Å². The molecular weight excluding hydrogens is 268 g/mol. The monoisotopic (exact) mass is 284 g/mol. The summed E-state index contributed by atoms with van der Waals surface area (Å²) in [6.07, 6.45) is 3.30. The fourth-order valence-electron chi connectivity index (χ4n) is 2.44. The van der Waals surface area contributed by atoms with Crippen LogP contribution in [0.25, 0.3) is 22.1 Å². The molecule has 3 aromatic rings. The molecule has 5 heteroatoms. The first kappa shape index (κ1) is 13.4. The third-order valence-electron chi connectivity index (χ3n) is 3.44. The van der Waals surface area contributed by atoms with Crippen molar-refractivity contribution < 1.29 is 9.15 Å². The molecule has 0 aliphatic carbocycles. The molecular formula is C16H16N2O3. The molecule has 21 heavy (non-hydrogen) atoms. The van der Waals surface area contributed by atoms with Crippen molar-refractivity contribution in [1.82, 2.24) is 9.78 Å². The molecule has 5 nitrogen and oxygen atoms in total. The summed E-state index contributed by atoms with van der Waals surface area (Å²) >= 11 is 0. The first-order chi connectivity index (χ1) is 10.1. The molecule has 0 N–H and O–H groups in total. The van der Waals surface area contributed by atoms with E-state index in [1.807, 2.05) is 38.1 Å². The molecule has 0 amide bonds. The zero-order chi connectivity index (χ0) is 15.0. The average Bonchev–Trinajstić information content (AvgIpc) is 2.94. The summed E-state index contributed by atoms with van der Waals surface area (Å²) in [6.45, 7) is 3.81. The number of ether oxygens (including phenoxy) is 1. The number of aromatic nitrogens is 2. The molecule has 1 aromatic carbocycles. The molecule has 0 saturated heterocycles. The highest BCUT2D eigenvalue weighted by Gasteiger charge is 2.17. The summed E-state index contributed by atoms with van der Waals surface area (Å²) in [5.41, 5.74) is 2.08. The predicted molar refractivity (Wildman–Crippen MR) is 80.6 cm³/mol. The van der Waals surface area contributed by atoms with E-state index in [4.69, 9.17) is 9.15 Å². The maximum absolute atomic E-state index is 12.5. The second-order valence-corrected chi connectivity index (χ2v) is 5.07. The van der Waals surface area contributed by atoms with Crippen LogP contribution in [0.4, 0.5) is 0 Å². The number of hydrogen-bond donors (Lipinski definition) is 0. The van der Waals surface area contributed by atoms with Gasteiger partial charge in [-0.3, -0.25) is 4.79 Å². The Balaban J connectivity index is 2.30. The molecule has 3 rings (SSSR count). The van der Waals surface area contributed by atoms with Crippen LogP contribution >= 0.6 is 0 Å². The largest absolute Gasteiger partial charge is 0.491 e. The van der Waals surface area contributed by atoms with Gasteiger partial charge in [0.1, 0.15) is 5.58 Å². The van der Waals surface area contributed by atoms with Gasteiger partial charge in [-0.25, -0.2) is 4.68 Å². The van der Waals surface area contributed by atoms with Gasteiger partial charge in [-0.1, -0.05) is 12.1 Å². The van der Waals surface area contributed by atoms with Crippen LogP contribution in [0, 0.1) is 0 Å². The van der Waals surface area contributed by atoms with E-state index in [0.717, 1.165) is 16.5 Å². The lowest BCUT2D eigenvalue weighted by Gasteiger charge is -2.13. The Morgan fingerprint density at radius 2 is 2.05 bits per heavy atom. The Morgan fingerprint density at radius 1 is 1.24 bits per heavy atom. The molecule has 0 atom stereocenters. The molecule has 0 spiro atoms. The first-order valence-corrected chi connectivity index (χ1v) is 6.76. The standard InChI is InChI=1S/C16H16N2O3/c1-10(2)18-16(19)15(20-3)13(9-17-18)11-5-4-6-14-12(11)7-8-21-14/h4-10H,1-3H3. The maximum atomic E-state index is 12.5. The molecule has 2 heterocycles. The summed E-state index contributed by atoms with van der Waals surface area (Å²) in [7, 11) is 1.50. The Bertz CT molecular complexity index is 846. The molecule has 0 bridgehead atoms. The SMILES string of the molecule is COc1c(-c2cccc3occc23)cnn(C(C)C)c1=O. The van der Waals surface area contributed by atoms with Gasteiger partial charge in [-0.2, -0.15) is 5.10 Å². The average molecular weight is 284 g/mol. The minimum atomic E-state index is -0.231. The fourth-order valence-corrected chi connectivity index (χ4v) is 2.44. The third kappa shape index (κ3) is 2.11. The second kappa shape index (κ2) is 5.09. The van der Waals surface area contributed by atoms with E-state index in [9.17, 15) is 4.79 Å². The van der Waals surface area contributed by atoms with E-state index in [0.29, 0.717) is 11.3 Å². The van der Waals surface area contributed by atoms with E-state index in [2.05, 4.69) is 5.10 Å². The Morgan fingerprint density at radius 3 is 2.76 bits per heavy atom. The maximum Gasteiger partial charge on any atom is 0.309 e. The van der Waals surface area contributed by atoms with Crippen molar-refractivity contribution in [3.63, 3.8) is 0 Å². The lowest BCUT2D eigenvalue weighted by molar-refractivity contribution is 0.391. The summed E-state index contributed by atoms with van der Waals surface area (Å²) in [5, 5.41) is 5.18. The van der Waals surface area contributed by atoms with Gasteiger partial charge in [0.15, 0.2) is 5.75 Å². The van der Waals surface area contributed by atoms with Gasteiger partial charge in [-0.05, 0) is 31.5 Å². The number of furan rings is 1. The molecule has 0 saturated carbocycles. The predicted octanol–water partition coefficient (Wildman–Crippen LogP) is 3.25. The van der Waals surface area contributed by atoms with E-state index in [-0.39, 0.29) is 11.6 Å². The van der Waals surface area contributed by atoms with E-state index < -0.39 is 0 Å². The van der Waals surface area contributed by atoms with Gasteiger partial charge in [0, 0.05) is 5.39 Å². The molecule has 0 aliphatic heterocycles. The van der Waals surface area contributed by atoms with Crippen molar-refractivity contribution in [2.24, 2.45) is 0 Å². The van der Waals surface area contributed by atoms with Crippen molar-refractivity contribution >= 4 is 11.0 Å². The van der Waals surface area contributed by atoms with Crippen LogP contribution < -0.4 is 10.3 Å². The van der Waals surface area contributed by atoms with Crippen molar-refractivity contribution in [3.05, 3.63) is 47.1 Å². The molecule has 2 aromatic heterocycles. The van der Waals surface area contributed by atoms with Crippen LogP contribution in [-0.2, 0) is 0 Å². The van der Waals surface area contributed by atoms with Crippen LogP contribution in [0.5, 0.6) is 5.75 Å². The molecule has 108 valence electrons. The van der Waals surface area contributed by atoms with E-state index >= 15 is 0 Å². The highest BCUT2D eigenvalue weighted by Crippen LogP contribution is 2.33. The molecule has 0 fully saturated rings. The van der Waals surface area contributed by atoms with Crippen LogP contribution in [-0.4, -0.2) is 16.9 Å². The first-order valence-electron chi connectivity index (χ1n) is 6.76. The third-order valence-corrected chi connectivity index (χ3v) is 3.44. The number of hydrogen-bond acceptors (Lipinski definition) is 4. The van der Waals surface area contributed by atoms with Crippen molar-refractivity contribution in [2.75, 3.05) is 7.11 Å². The topological polar surface area (TPSA) is 57.3 Å². The van der Waals surface area contributed by atoms with Crippen LogP contribution in [0.2, 0.25) is 0 Å². The van der Waals surface area contributed by atoms with Gasteiger partial charge >= 0.3 is 5.56 Å². The van der Waals surface area contributed by atoms with Gasteiger partial charge in [-0.15, -0.1) is 0 Å². The van der Waals surface area contributed by atoms with Crippen molar-refractivity contribution in [3.8, 4) is 16.9 Å². The number of rotatable bonds is 3. The summed E-state index contributed by atoms with van der Waals surface area (Å²) in [4.78, 5) is 12.5. The minimum absolute atomic E-state index is 0.0230. The zero-order valence-corrected chi connectivity index (χ0v) is 12.2. The highest BCUT2D eigenvalue weighted by molar-refractivity contribution is 5.95. The quantitative estimate of drug-likeness (QED) is 0.741. The van der Waals surface area contributed by atoms with Gasteiger partial charge < -0.3 is 9.15 Å². The van der Waals surface area contributed by atoms with Crippen molar-refractivity contribution in [1.29, 1.82) is 0 Å². The Labute approximate surface area is 121 Å². The number of benzene rings is 1. The number of fused-ring (bicyclic) bond motifs is 1. The molecule has 0 aliphatic rings. The normalized spacial score (nSPS) is 11.2. The second-order valence-electron chi connectivity index (χ2n) is 5.07. The minimum Gasteiger partial charge on any atom is -0.491 e. The van der Waals surface area contributed by atoms with Gasteiger partial charge in [0.05, 0.1) is 31.2 Å².